The van der Waals surface area contributed by atoms with Crippen LogP contribution in [0.25, 0.3) is 0 Å². The minimum absolute atomic E-state index is 0.675. The van der Waals surface area contributed by atoms with E-state index in [9.17, 15) is 0 Å². The van der Waals surface area contributed by atoms with E-state index in [0.717, 1.165) is 0 Å². The molecular weight excluding hydrogens is 184 g/mol. The number of nitrogens with zero attached hydrogens (tertiary/aromatic N) is 1. The molecule has 0 saturated heterocycles. The van der Waals surface area contributed by atoms with Gasteiger partial charge >= 0.3 is 0 Å². The molecule has 1 fully saturated rings. The van der Waals surface area contributed by atoms with Crippen LogP contribution in [0.15, 0.2) is 18.5 Å². The number of rotatable bonds is 2. The van der Waals surface area contributed by atoms with Gasteiger partial charge in [0.05, 0.1) is 0 Å². The molecule has 2 heteroatoms. The largest absolute Gasteiger partial charge is 0.382 e. The molecule has 0 atom stereocenters. The molecular formula is C13H20N2. The third-order valence-electron chi connectivity index (χ3n) is 3.24. The summed E-state index contributed by atoms with van der Waals surface area (Å²) in [5, 5.41) is 3.65. The van der Waals surface area contributed by atoms with Crippen LogP contribution >= 0.6 is 0 Å². The first kappa shape index (κ1) is 10.5. The lowest BCUT2D eigenvalue weighted by molar-refractivity contribution is 0.619. The van der Waals surface area contributed by atoms with E-state index < -0.39 is 0 Å². The molecule has 0 radical (unpaired) electrons. The van der Waals surface area contributed by atoms with Crippen molar-refractivity contribution in [2.24, 2.45) is 0 Å². The molecule has 1 aliphatic rings. The highest BCUT2D eigenvalue weighted by Gasteiger charge is 2.12. The number of anilines is 1. The minimum Gasteiger partial charge on any atom is -0.382 e. The first-order valence-corrected chi connectivity index (χ1v) is 6.03. The van der Waals surface area contributed by atoms with E-state index in [2.05, 4.69) is 23.3 Å². The molecule has 15 heavy (non-hydrogen) atoms. The van der Waals surface area contributed by atoms with Gasteiger partial charge in [-0.05, 0) is 31.4 Å². The van der Waals surface area contributed by atoms with Gasteiger partial charge in [0.25, 0.3) is 0 Å². The maximum absolute atomic E-state index is 4.12. The Kier molecular flexibility index (Phi) is 3.59. The van der Waals surface area contributed by atoms with Crippen molar-refractivity contribution in [3.8, 4) is 0 Å². The van der Waals surface area contributed by atoms with Gasteiger partial charge in [-0.3, -0.25) is 4.98 Å². The third-order valence-corrected chi connectivity index (χ3v) is 3.24. The van der Waals surface area contributed by atoms with Crippen LogP contribution < -0.4 is 5.32 Å². The molecule has 0 unspecified atom stereocenters. The molecule has 0 bridgehead atoms. The van der Waals surface area contributed by atoms with Crippen LogP contribution in [0.3, 0.4) is 0 Å². The van der Waals surface area contributed by atoms with Crippen LogP contribution in [0.2, 0.25) is 0 Å². The summed E-state index contributed by atoms with van der Waals surface area (Å²) < 4.78 is 0. The van der Waals surface area contributed by atoms with Gasteiger partial charge in [0, 0.05) is 24.1 Å². The Balaban J connectivity index is 1.98. The van der Waals surface area contributed by atoms with Gasteiger partial charge in [0.15, 0.2) is 0 Å². The molecule has 1 heterocycles. The number of hydrogen-bond acceptors (Lipinski definition) is 2. The highest BCUT2D eigenvalue weighted by atomic mass is 14.9. The maximum Gasteiger partial charge on any atom is 0.0402 e. The number of nitrogens with one attached hydrogen (secondary N) is 1. The van der Waals surface area contributed by atoms with Crippen LogP contribution in [-0.4, -0.2) is 11.0 Å². The second-order valence-electron chi connectivity index (χ2n) is 4.52. The highest BCUT2D eigenvalue weighted by Crippen LogP contribution is 2.22. The van der Waals surface area contributed by atoms with Crippen molar-refractivity contribution < 1.29 is 0 Å². The average molecular weight is 204 g/mol. The summed E-state index contributed by atoms with van der Waals surface area (Å²) in [5.41, 5.74) is 2.51. The molecule has 1 aromatic heterocycles. The average Bonchev–Trinajstić information content (AvgIpc) is 2.50. The molecule has 2 rings (SSSR count). The second kappa shape index (κ2) is 5.15. The molecule has 0 amide bonds. The van der Waals surface area contributed by atoms with Crippen molar-refractivity contribution >= 4 is 5.69 Å². The van der Waals surface area contributed by atoms with Gasteiger partial charge in [-0.15, -0.1) is 0 Å². The zero-order chi connectivity index (χ0) is 10.5. The summed E-state index contributed by atoms with van der Waals surface area (Å²) in [6, 6.07) is 2.76. The fourth-order valence-electron chi connectivity index (χ4n) is 2.28. The Hall–Kier alpha value is -1.05. The van der Waals surface area contributed by atoms with Crippen LogP contribution in [0.5, 0.6) is 0 Å². The minimum atomic E-state index is 0.675. The van der Waals surface area contributed by atoms with Crippen molar-refractivity contribution in [2.45, 2.75) is 51.5 Å². The van der Waals surface area contributed by atoms with Crippen molar-refractivity contribution in [1.82, 2.24) is 4.98 Å². The van der Waals surface area contributed by atoms with Gasteiger partial charge in [0.2, 0.25) is 0 Å². The van der Waals surface area contributed by atoms with E-state index in [1.165, 1.54) is 49.8 Å². The Labute approximate surface area is 92.1 Å². The zero-order valence-corrected chi connectivity index (χ0v) is 9.50. The van der Waals surface area contributed by atoms with Crippen LogP contribution in [0.1, 0.15) is 44.1 Å². The highest BCUT2D eigenvalue weighted by molar-refractivity contribution is 5.49. The SMILES string of the molecule is Cc1cnccc1NC1CCCCCC1. The van der Waals surface area contributed by atoms with Gasteiger partial charge in [-0.2, -0.15) is 0 Å². The molecule has 0 aromatic carbocycles. The van der Waals surface area contributed by atoms with Crippen molar-refractivity contribution in [1.29, 1.82) is 0 Å². The van der Waals surface area contributed by atoms with Gasteiger partial charge < -0.3 is 5.32 Å². The van der Waals surface area contributed by atoms with E-state index in [1.54, 1.807) is 0 Å². The smallest absolute Gasteiger partial charge is 0.0402 e. The number of hydrogen-bond donors (Lipinski definition) is 1. The van der Waals surface area contributed by atoms with Crippen molar-refractivity contribution in [3.63, 3.8) is 0 Å². The van der Waals surface area contributed by atoms with Crippen molar-refractivity contribution in [3.05, 3.63) is 24.0 Å². The van der Waals surface area contributed by atoms with E-state index in [-0.39, 0.29) is 0 Å². The summed E-state index contributed by atoms with van der Waals surface area (Å²) in [5.74, 6) is 0. The normalized spacial score (nSPS) is 18.5. The summed E-state index contributed by atoms with van der Waals surface area (Å²) in [6.07, 6.45) is 12.0. The van der Waals surface area contributed by atoms with E-state index in [1.807, 2.05) is 12.4 Å². The summed E-state index contributed by atoms with van der Waals surface area (Å²) in [7, 11) is 0. The molecule has 1 aromatic rings. The quantitative estimate of drug-likeness (QED) is 0.745. The standard InChI is InChI=1S/C13H20N2/c1-11-10-14-9-8-13(11)15-12-6-4-2-3-5-7-12/h8-10,12H,2-7H2,1H3,(H,14,15). The number of aryl methyl sites for hydroxylation is 1. The zero-order valence-electron chi connectivity index (χ0n) is 9.50. The Bertz CT molecular complexity index is 301. The Morgan fingerprint density at radius 2 is 1.93 bits per heavy atom. The Morgan fingerprint density at radius 3 is 2.60 bits per heavy atom. The van der Waals surface area contributed by atoms with Crippen LogP contribution in [-0.2, 0) is 0 Å². The fourth-order valence-corrected chi connectivity index (χ4v) is 2.28. The van der Waals surface area contributed by atoms with Gasteiger partial charge in [0.1, 0.15) is 0 Å². The Morgan fingerprint density at radius 1 is 1.20 bits per heavy atom. The van der Waals surface area contributed by atoms with Gasteiger partial charge in [-0.1, -0.05) is 25.7 Å². The predicted octanol–water partition coefficient (Wildman–Crippen LogP) is 3.52. The molecule has 82 valence electrons. The molecule has 0 spiro atoms. The molecule has 2 nitrogen and oxygen atoms in total. The summed E-state index contributed by atoms with van der Waals surface area (Å²) in [6.45, 7) is 2.12. The summed E-state index contributed by atoms with van der Waals surface area (Å²) in [4.78, 5) is 4.12. The van der Waals surface area contributed by atoms with E-state index in [0.29, 0.717) is 6.04 Å². The van der Waals surface area contributed by atoms with Crippen molar-refractivity contribution in [2.75, 3.05) is 5.32 Å². The first-order valence-electron chi connectivity index (χ1n) is 6.03. The number of aromatic nitrogens is 1. The van der Waals surface area contributed by atoms with E-state index in [4.69, 9.17) is 0 Å². The monoisotopic (exact) mass is 204 g/mol. The summed E-state index contributed by atoms with van der Waals surface area (Å²) >= 11 is 0. The van der Waals surface area contributed by atoms with Gasteiger partial charge in [-0.25, -0.2) is 0 Å². The molecule has 1 saturated carbocycles. The topological polar surface area (TPSA) is 24.9 Å². The third kappa shape index (κ3) is 2.95. The lowest BCUT2D eigenvalue weighted by atomic mass is 10.1. The van der Waals surface area contributed by atoms with E-state index >= 15 is 0 Å². The molecule has 1 N–H and O–H groups in total. The fraction of sp³-hybridized carbons (Fsp3) is 0.615. The lowest BCUT2D eigenvalue weighted by Crippen LogP contribution is -2.18. The van der Waals surface area contributed by atoms with Crippen LogP contribution in [0.4, 0.5) is 5.69 Å². The molecule has 0 aliphatic heterocycles. The second-order valence-corrected chi connectivity index (χ2v) is 4.52. The first-order chi connectivity index (χ1) is 7.36. The maximum atomic E-state index is 4.12. The number of pyridine rings is 1. The predicted molar refractivity (Wildman–Crippen MR) is 64.1 cm³/mol. The van der Waals surface area contributed by atoms with Crippen LogP contribution in [0, 0.1) is 6.92 Å². The lowest BCUT2D eigenvalue weighted by Gasteiger charge is -2.18. The molecule has 1 aliphatic carbocycles.